The molecule has 2 nitrogen and oxygen atoms in total. The van der Waals surface area contributed by atoms with Gasteiger partial charge in [-0.05, 0) is 17.7 Å². The van der Waals surface area contributed by atoms with Gasteiger partial charge in [-0.1, -0.05) is 37.7 Å². The van der Waals surface area contributed by atoms with E-state index < -0.39 is 8.07 Å². The molecule has 17 heavy (non-hydrogen) atoms. The lowest BCUT2D eigenvalue weighted by molar-refractivity contribution is -0.142. The van der Waals surface area contributed by atoms with Crippen molar-refractivity contribution in [2.75, 3.05) is 0 Å². The van der Waals surface area contributed by atoms with Crippen molar-refractivity contribution >= 4 is 14.0 Å². The molecule has 0 aliphatic heterocycles. The van der Waals surface area contributed by atoms with Crippen LogP contribution in [0.25, 0.3) is 0 Å². The summed E-state index contributed by atoms with van der Waals surface area (Å²) in [7, 11) is -1.34. The molecule has 0 aliphatic rings. The van der Waals surface area contributed by atoms with Crippen LogP contribution in [0.1, 0.15) is 18.1 Å². The Morgan fingerprint density at radius 1 is 1.35 bits per heavy atom. The van der Waals surface area contributed by atoms with Crippen LogP contribution >= 0.6 is 0 Å². The average molecular weight is 246 g/mol. The highest BCUT2D eigenvalue weighted by Crippen LogP contribution is 2.06. The van der Waals surface area contributed by atoms with Crippen LogP contribution < -0.4 is 0 Å². The topological polar surface area (TPSA) is 26.3 Å². The van der Waals surface area contributed by atoms with Gasteiger partial charge in [0.15, 0.2) is 0 Å². The van der Waals surface area contributed by atoms with Gasteiger partial charge in [-0.15, -0.1) is 5.54 Å². The van der Waals surface area contributed by atoms with Gasteiger partial charge in [-0.2, -0.15) is 0 Å². The van der Waals surface area contributed by atoms with Gasteiger partial charge in [0.05, 0.1) is 0 Å². The van der Waals surface area contributed by atoms with Gasteiger partial charge in [0.25, 0.3) is 0 Å². The Hall–Kier alpha value is -1.53. The summed E-state index contributed by atoms with van der Waals surface area (Å²) in [5.74, 6) is 2.92. The zero-order valence-electron chi connectivity index (χ0n) is 10.8. The van der Waals surface area contributed by atoms with E-state index in [1.165, 1.54) is 6.92 Å². The van der Waals surface area contributed by atoms with Crippen molar-refractivity contribution < 1.29 is 9.53 Å². The van der Waals surface area contributed by atoms with Crippen molar-refractivity contribution in [3.63, 3.8) is 0 Å². The molecule has 0 radical (unpaired) electrons. The van der Waals surface area contributed by atoms with E-state index in [0.29, 0.717) is 6.61 Å². The first kappa shape index (κ1) is 13.5. The minimum Gasteiger partial charge on any atom is -0.461 e. The van der Waals surface area contributed by atoms with Crippen LogP contribution in [0.5, 0.6) is 0 Å². The Bertz CT molecular complexity index is 461. The minimum absolute atomic E-state index is 0.261. The Morgan fingerprint density at radius 2 is 2.06 bits per heavy atom. The third kappa shape index (κ3) is 5.93. The predicted octanol–water partition coefficient (Wildman–Crippen LogP) is 2.98. The first-order chi connectivity index (χ1) is 7.87. The summed E-state index contributed by atoms with van der Waals surface area (Å²) in [4.78, 5) is 10.7. The van der Waals surface area contributed by atoms with Crippen LogP contribution in [0, 0.1) is 11.5 Å². The number of benzene rings is 1. The van der Waals surface area contributed by atoms with E-state index in [2.05, 4.69) is 31.1 Å². The second-order valence-electron chi connectivity index (χ2n) is 4.98. The molecule has 90 valence electrons. The second kappa shape index (κ2) is 5.69. The van der Waals surface area contributed by atoms with Gasteiger partial charge in [0.1, 0.15) is 14.7 Å². The van der Waals surface area contributed by atoms with E-state index in [1.807, 2.05) is 24.3 Å². The molecule has 0 bridgehead atoms. The smallest absolute Gasteiger partial charge is 0.302 e. The first-order valence-electron chi connectivity index (χ1n) is 5.62. The average Bonchev–Trinajstić information content (AvgIpc) is 2.23. The highest BCUT2D eigenvalue weighted by atomic mass is 28.3. The van der Waals surface area contributed by atoms with E-state index >= 15 is 0 Å². The SMILES string of the molecule is CC(=O)OCc1cccc(C#C[Si](C)(C)C)c1. The maximum atomic E-state index is 10.7. The van der Waals surface area contributed by atoms with E-state index in [4.69, 9.17) is 4.74 Å². The van der Waals surface area contributed by atoms with Crippen molar-refractivity contribution in [2.24, 2.45) is 0 Å². The fraction of sp³-hybridized carbons (Fsp3) is 0.357. The summed E-state index contributed by atoms with van der Waals surface area (Å²) in [5, 5.41) is 0. The fourth-order valence-electron chi connectivity index (χ4n) is 1.18. The fourth-order valence-corrected chi connectivity index (χ4v) is 1.70. The molecular weight excluding hydrogens is 228 g/mol. The zero-order chi connectivity index (χ0) is 12.9. The van der Waals surface area contributed by atoms with Crippen molar-refractivity contribution in [3.05, 3.63) is 35.4 Å². The summed E-state index contributed by atoms with van der Waals surface area (Å²) in [6.45, 7) is 8.36. The molecule has 0 spiro atoms. The molecule has 0 saturated heterocycles. The summed E-state index contributed by atoms with van der Waals surface area (Å²) in [6, 6.07) is 7.82. The number of rotatable bonds is 2. The molecule has 0 heterocycles. The number of esters is 1. The third-order valence-electron chi connectivity index (χ3n) is 1.95. The number of carbonyl (C=O) groups excluding carboxylic acids is 1. The predicted molar refractivity (Wildman–Crippen MR) is 72.1 cm³/mol. The maximum absolute atomic E-state index is 10.7. The lowest BCUT2D eigenvalue weighted by Crippen LogP contribution is -2.16. The highest BCUT2D eigenvalue weighted by molar-refractivity contribution is 6.83. The van der Waals surface area contributed by atoms with Gasteiger partial charge in [0, 0.05) is 12.5 Å². The molecule has 0 fully saturated rings. The maximum Gasteiger partial charge on any atom is 0.302 e. The van der Waals surface area contributed by atoms with Gasteiger partial charge in [-0.3, -0.25) is 4.79 Å². The van der Waals surface area contributed by atoms with Crippen molar-refractivity contribution in [3.8, 4) is 11.5 Å². The molecule has 0 unspecified atom stereocenters. The standard InChI is InChI=1S/C14H18O2Si/c1-12(15)16-11-14-7-5-6-13(10-14)8-9-17(2,3)4/h5-7,10H,11H2,1-4H3. The highest BCUT2D eigenvalue weighted by Gasteiger charge is 2.07. The van der Waals surface area contributed by atoms with Crippen LogP contribution in [0.4, 0.5) is 0 Å². The van der Waals surface area contributed by atoms with Gasteiger partial charge >= 0.3 is 5.97 Å². The monoisotopic (exact) mass is 246 g/mol. The Labute approximate surface area is 104 Å². The largest absolute Gasteiger partial charge is 0.461 e. The second-order valence-corrected chi connectivity index (χ2v) is 9.73. The molecule has 0 amide bonds. The number of ether oxygens (including phenoxy) is 1. The molecule has 1 rings (SSSR count). The van der Waals surface area contributed by atoms with Crippen molar-refractivity contribution in [1.82, 2.24) is 0 Å². The molecule has 1 aromatic carbocycles. The van der Waals surface area contributed by atoms with E-state index in [0.717, 1.165) is 11.1 Å². The molecule has 1 aromatic rings. The molecule has 0 aromatic heterocycles. The first-order valence-corrected chi connectivity index (χ1v) is 9.12. The molecule has 0 saturated carbocycles. The van der Waals surface area contributed by atoms with E-state index in [-0.39, 0.29) is 5.97 Å². The van der Waals surface area contributed by atoms with Gasteiger partial charge < -0.3 is 4.74 Å². The van der Waals surface area contributed by atoms with Crippen LogP contribution in [-0.2, 0) is 16.1 Å². The molecule has 0 aliphatic carbocycles. The Balaban J connectivity index is 2.78. The summed E-state index contributed by atoms with van der Waals surface area (Å²) in [6.07, 6.45) is 0. The summed E-state index contributed by atoms with van der Waals surface area (Å²) in [5.41, 5.74) is 5.27. The normalized spacial score (nSPS) is 10.4. The Kier molecular flexibility index (Phi) is 4.53. The Morgan fingerprint density at radius 3 is 2.65 bits per heavy atom. The number of hydrogen-bond acceptors (Lipinski definition) is 2. The van der Waals surface area contributed by atoms with Crippen LogP contribution in [0.2, 0.25) is 19.6 Å². The van der Waals surface area contributed by atoms with E-state index in [9.17, 15) is 4.79 Å². The lowest BCUT2D eigenvalue weighted by atomic mass is 10.1. The minimum atomic E-state index is -1.34. The molecular formula is C14H18O2Si. The molecule has 0 N–H and O–H groups in total. The van der Waals surface area contributed by atoms with E-state index in [1.54, 1.807) is 0 Å². The van der Waals surface area contributed by atoms with Crippen LogP contribution in [0.15, 0.2) is 24.3 Å². The third-order valence-corrected chi connectivity index (χ3v) is 2.83. The summed E-state index contributed by atoms with van der Waals surface area (Å²) >= 11 is 0. The quantitative estimate of drug-likeness (QED) is 0.455. The lowest BCUT2D eigenvalue weighted by Gasteiger charge is -2.04. The van der Waals surface area contributed by atoms with Crippen LogP contribution in [-0.4, -0.2) is 14.0 Å². The van der Waals surface area contributed by atoms with Crippen LogP contribution in [0.3, 0.4) is 0 Å². The van der Waals surface area contributed by atoms with Crippen molar-refractivity contribution in [2.45, 2.75) is 33.2 Å². The molecule has 3 heteroatoms. The molecule has 0 atom stereocenters. The zero-order valence-corrected chi connectivity index (χ0v) is 11.8. The van der Waals surface area contributed by atoms with Crippen molar-refractivity contribution in [1.29, 1.82) is 0 Å². The number of carbonyl (C=O) groups is 1. The summed E-state index contributed by atoms with van der Waals surface area (Å²) < 4.78 is 4.95. The van der Waals surface area contributed by atoms with Gasteiger partial charge in [0.2, 0.25) is 0 Å². The number of hydrogen-bond donors (Lipinski definition) is 0. The van der Waals surface area contributed by atoms with Gasteiger partial charge in [-0.25, -0.2) is 0 Å².